The Morgan fingerprint density at radius 1 is 1.36 bits per heavy atom. The van der Waals surface area contributed by atoms with Crippen LogP contribution in [0.2, 0.25) is 0 Å². The summed E-state index contributed by atoms with van der Waals surface area (Å²) in [5, 5.41) is 4.01. The second kappa shape index (κ2) is 7.37. The van der Waals surface area contributed by atoms with Crippen LogP contribution in [0.5, 0.6) is 0 Å². The fourth-order valence-corrected chi connectivity index (χ4v) is 3.48. The summed E-state index contributed by atoms with van der Waals surface area (Å²) >= 11 is 0. The van der Waals surface area contributed by atoms with E-state index in [0.29, 0.717) is 24.8 Å². The monoisotopic (exact) mass is 384 g/mol. The Kier molecular flexibility index (Phi) is 4.76. The predicted molar refractivity (Wildman–Crippen MR) is 95.8 cm³/mol. The quantitative estimate of drug-likeness (QED) is 0.714. The number of aromatic nitrogens is 3. The van der Waals surface area contributed by atoms with Gasteiger partial charge in [-0.05, 0) is 25.0 Å². The smallest absolute Gasteiger partial charge is 0.327 e. The highest BCUT2D eigenvalue weighted by molar-refractivity contribution is 6.04. The second-order valence-corrected chi connectivity index (χ2v) is 7.00. The van der Waals surface area contributed by atoms with E-state index in [2.05, 4.69) is 15.1 Å². The molecule has 0 aliphatic carbocycles. The van der Waals surface area contributed by atoms with Crippen molar-refractivity contribution in [1.82, 2.24) is 29.8 Å². The van der Waals surface area contributed by atoms with Crippen molar-refractivity contribution in [2.75, 3.05) is 33.2 Å². The Hall–Kier alpha value is -3.30. The molecule has 0 aromatic carbocycles. The molecule has 2 aromatic rings. The Morgan fingerprint density at radius 3 is 2.93 bits per heavy atom. The van der Waals surface area contributed by atoms with Crippen LogP contribution >= 0.6 is 0 Å². The molecule has 0 bridgehead atoms. The first kappa shape index (κ1) is 18.1. The normalized spacial score (nSPS) is 20.2. The van der Waals surface area contributed by atoms with E-state index in [0.717, 1.165) is 23.3 Å². The minimum atomic E-state index is -0.440. The molecule has 2 aromatic heterocycles. The van der Waals surface area contributed by atoms with Crippen LogP contribution in [0.4, 0.5) is 4.79 Å². The van der Waals surface area contributed by atoms with Crippen molar-refractivity contribution in [1.29, 1.82) is 0 Å². The highest BCUT2D eigenvalue weighted by atomic mass is 16.5. The third-order valence-electron chi connectivity index (χ3n) is 5.01. The number of nitrogens with zero attached hydrogens (tertiary/aromatic N) is 6. The van der Waals surface area contributed by atoms with Crippen LogP contribution in [0.1, 0.15) is 24.7 Å². The number of piperidine rings is 1. The lowest BCUT2D eigenvalue weighted by molar-refractivity contribution is -0.137. The zero-order chi connectivity index (χ0) is 19.7. The molecule has 10 heteroatoms. The van der Waals surface area contributed by atoms with Crippen LogP contribution in [0.15, 0.2) is 29.0 Å². The van der Waals surface area contributed by atoms with Gasteiger partial charge in [0, 0.05) is 38.1 Å². The molecule has 0 radical (unpaired) electrons. The molecule has 2 saturated heterocycles. The van der Waals surface area contributed by atoms with Gasteiger partial charge in [-0.25, -0.2) is 4.79 Å². The van der Waals surface area contributed by atoms with Gasteiger partial charge >= 0.3 is 6.03 Å². The van der Waals surface area contributed by atoms with Gasteiger partial charge in [-0.15, -0.1) is 0 Å². The molecule has 4 amide bonds. The average molecular weight is 384 g/mol. The third-order valence-corrected chi connectivity index (χ3v) is 5.01. The van der Waals surface area contributed by atoms with E-state index in [4.69, 9.17) is 4.52 Å². The van der Waals surface area contributed by atoms with Gasteiger partial charge in [0.2, 0.25) is 17.6 Å². The average Bonchev–Trinajstić information content (AvgIpc) is 3.30. The highest BCUT2D eigenvalue weighted by Gasteiger charge is 2.37. The summed E-state index contributed by atoms with van der Waals surface area (Å²) < 4.78 is 5.42. The number of carbonyl (C=O) groups is 3. The Bertz CT molecular complexity index is 898. The van der Waals surface area contributed by atoms with Crippen molar-refractivity contribution < 1.29 is 18.9 Å². The number of imide groups is 1. The van der Waals surface area contributed by atoms with Gasteiger partial charge in [0.1, 0.15) is 13.1 Å². The lowest BCUT2D eigenvalue weighted by atomic mass is 9.98. The molecule has 1 atom stereocenters. The van der Waals surface area contributed by atoms with Crippen LogP contribution in [0, 0.1) is 0 Å². The molecule has 0 saturated carbocycles. The molecule has 4 heterocycles. The maximum atomic E-state index is 12.6. The van der Waals surface area contributed by atoms with Crippen LogP contribution in [0.3, 0.4) is 0 Å². The summed E-state index contributed by atoms with van der Waals surface area (Å²) in [4.78, 5) is 49.0. The van der Waals surface area contributed by atoms with Crippen LogP contribution in [-0.2, 0) is 9.59 Å². The Balaban J connectivity index is 1.42. The van der Waals surface area contributed by atoms with Crippen LogP contribution < -0.4 is 0 Å². The van der Waals surface area contributed by atoms with Gasteiger partial charge in [-0.2, -0.15) is 4.98 Å². The fraction of sp³-hybridized carbons (Fsp3) is 0.444. The molecule has 0 unspecified atom stereocenters. The van der Waals surface area contributed by atoms with Crippen LogP contribution in [0.25, 0.3) is 11.4 Å². The van der Waals surface area contributed by atoms with Gasteiger partial charge in [0.15, 0.2) is 0 Å². The van der Waals surface area contributed by atoms with Gasteiger partial charge < -0.3 is 14.3 Å². The largest absolute Gasteiger partial charge is 0.340 e. The summed E-state index contributed by atoms with van der Waals surface area (Å²) in [6.07, 6.45) is 4.93. The number of likely N-dealkylation sites (tertiary alicyclic amines) is 1. The molecule has 4 rings (SSSR count). The number of hydrogen-bond acceptors (Lipinski definition) is 7. The summed E-state index contributed by atoms with van der Waals surface area (Å²) in [5.41, 5.74) is 0.761. The number of rotatable bonds is 4. The lowest BCUT2D eigenvalue weighted by Crippen LogP contribution is -2.46. The summed E-state index contributed by atoms with van der Waals surface area (Å²) in [6.45, 7) is 0.762. The Labute approximate surface area is 161 Å². The molecular weight excluding hydrogens is 364 g/mol. The van der Waals surface area contributed by atoms with Crippen molar-refractivity contribution in [2.45, 2.75) is 18.8 Å². The molecule has 2 aliphatic rings. The van der Waals surface area contributed by atoms with E-state index in [1.807, 2.05) is 6.07 Å². The van der Waals surface area contributed by atoms with Crippen molar-refractivity contribution in [3.8, 4) is 11.4 Å². The first-order chi connectivity index (χ1) is 13.5. The van der Waals surface area contributed by atoms with E-state index in [-0.39, 0.29) is 30.8 Å². The van der Waals surface area contributed by atoms with E-state index in [1.54, 1.807) is 23.4 Å². The molecule has 28 heavy (non-hydrogen) atoms. The number of carbonyl (C=O) groups excluding carboxylic acids is 3. The maximum Gasteiger partial charge on any atom is 0.327 e. The van der Waals surface area contributed by atoms with Gasteiger partial charge in [-0.3, -0.25) is 19.5 Å². The molecule has 146 valence electrons. The maximum absolute atomic E-state index is 12.6. The lowest BCUT2D eigenvalue weighted by Gasteiger charge is -2.31. The van der Waals surface area contributed by atoms with E-state index < -0.39 is 6.03 Å². The minimum Gasteiger partial charge on any atom is -0.340 e. The zero-order valence-electron chi connectivity index (χ0n) is 15.4. The number of likely N-dealkylation sites (N-methyl/N-ethyl adjacent to an activating group) is 1. The van der Waals surface area contributed by atoms with Crippen LogP contribution in [-0.4, -0.2) is 80.9 Å². The van der Waals surface area contributed by atoms with Crippen molar-refractivity contribution in [3.05, 3.63) is 30.4 Å². The topological polar surface area (TPSA) is 113 Å². The first-order valence-corrected chi connectivity index (χ1v) is 9.10. The van der Waals surface area contributed by atoms with Gasteiger partial charge in [0.25, 0.3) is 5.91 Å². The number of urea groups is 1. The molecule has 10 nitrogen and oxygen atoms in total. The van der Waals surface area contributed by atoms with Crippen molar-refractivity contribution in [2.24, 2.45) is 0 Å². The fourth-order valence-electron chi connectivity index (χ4n) is 3.48. The highest BCUT2D eigenvalue weighted by Crippen LogP contribution is 2.27. The molecule has 2 aliphatic heterocycles. The molecule has 2 fully saturated rings. The van der Waals surface area contributed by atoms with Crippen molar-refractivity contribution >= 4 is 17.8 Å². The summed E-state index contributed by atoms with van der Waals surface area (Å²) in [6, 6.07) is 3.20. The van der Waals surface area contributed by atoms with E-state index in [1.165, 1.54) is 11.9 Å². The standard InChI is InChI=1S/C18H20N6O4/c1-22-10-15(26)24(18(22)27)11-14(25)23-7-3-5-13(9-23)17-20-16(21-28-17)12-4-2-6-19-8-12/h2,4,6,8,13H,3,5,7,9-11H2,1H3/t13-/m0/s1. The first-order valence-electron chi connectivity index (χ1n) is 9.10. The van der Waals surface area contributed by atoms with Crippen molar-refractivity contribution in [3.63, 3.8) is 0 Å². The summed E-state index contributed by atoms with van der Waals surface area (Å²) in [7, 11) is 1.54. The molecule has 0 spiro atoms. The van der Waals surface area contributed by atoms with Gasteiger partial charge in [-0.1, -0.05) is 5.16 Å². The van der Waals surface area contributed by atoms with E-state index >= 15 is 0 Å². The summed E-state index contributed by atoms with van der Waals surface area (Å²) in [5.74, 6) is 0.247. The number of amides is 4. The molecular formula is C18H20N6O4. The van der Waals surface area contributed by atoms with Gasteiger partial charge in [0.05, 0.1) is 5.92 Å². The minimum absolute atomic E-state index is 0.00778. The number of pyridine rings is 1. The zero-order valence-corrected chi connectivity index (χ0v) is 15.4. The second-order valence-electron chi connectivity index (χ2n) is 7.00. The third kappa shape index (κ3) is 3.45. The predicted octanol–water partition coefficient (Wildman–Crippen LogP) is 0.732. The Morgan fingerprint density at radius 2 is 2.21 bits per heavy atom. The molecule has 0 N–H and O–H groups in total. The number of hydrogen-bond donors (Lipinski definition) is 0. The SMILES string of the molecule is CN1CC(=O)N(CC(=O)N2CCC[C@H](c3nc(-c4cccnc4)no3)C2)C1=O. The van der Waals surface area contributed by atoms with E-state index in [9.17, 15) is 14.4 Å².